The fourth-order valence-corrected chi connectivity index (χ4v) is 1.72. The highest BCUT2D eigenvalue weighted by Crippen LogP contribution is 2.40. The Morgan fingerprint density at radius 3 is 2.73 bits per heavy atom. The van der Waals surface area contributed by atoms with Crippen LogP contribution in [0.3, 0.4) is 0 Å². The van der Waals surface area contributed by atoms with Crippen molar-refractivity contribution in [1.29, 1.82) is 0 Å². The first-order valence-electron chi connectivity index (χ1n) is 4.09. The second kappa shape index (κ2) is 2.44. The molecule has 2 aliphatic heterocycles. The van der Waals surface area contributed by atoms with Gasteiger partial charge in [0.15, 0.2) is 0 Å². The molecule has 2 saturated heterocycles. The van der Waals surface area contributed by atoms with Gasteiger partial charge in [-0.3, -0.25) is 0 Å². The van der Waals surface area contributed by atoms with Crippen LogP contribution in [0.1, 0.15) is 0 Å². The van der Waals surface area contributed by atoms with Crippen molar-refractivity contribution in [1.82, 2.24) is 4.90 Å². The molecule has 2 atom stereocenters. The van der Waals surface area contributed by atoms with Gasteiger partial charge in [-0.25, -0.2) is 0 Å². The summed E-state index contributed by atoms with van der Waals surface area (Å²) in [7, 11) is 4.18. The molecular formula is C8H15NO2. The molecule has 2 fully saturated rings. The van der Waals surface area contributed by atoms with Crippen LogP contribution in [0.25, 0.3) is 0 Å². The fraction of sp³-hybridized carbons (Fsp3) is 1.00. The van der Waals surface area contributed by atoms with E-state index in [-0.39, 0.29) is 5.60 Å². The van der Waals surface area contributed by atoms with Gasteiger partial charge >= 0.3 is 0 Å². The smallest absolute Gasteiger partial charge is 0.121 e. The Labute approximate surface area is 67.3 Å². The number of ether oxygens (including phenoxy) is 2. The van der Waals surface area contributed by atoms with Gasteiger partial charge in [0.05, 0.1) is 19.8 Å². The minimum absolute atomic E-state index is 0.129. The van der Waals surface area contributed by atoms with Gasteiger partial charge in [0, 0.05) is 12.5 Å². The molecule has 2 rings (SSSR count). The molecule has 1 spiro atoms. The van der Waals surface area contributed by atoms with Gasteiger partial charge in [-0.2, -0.15) is 0 Å². The van der Waals surface area contributed by atoms with Crippen LogP contribution in [0.4, 0.5) is 0 Å². The van der Waals surface area contributed by atoms with E-state index in [1.807, 2.05) is 0 Å². The largest absolute Gasteiger partial charge is 0.378 e. The second-order valence-electron chi connectivity index (χ2n) is 3.83. The molecular weight excluding hydrogens is 142 g/mol. The van der Waals surface area contributed by atoms with Crippen LogP contribution in [-0.4, -0.2) is 51.0 Å². The first kappa shape index (κ1) is 7.53. The van der Waals surface area contributed by atoms with Crippen molar-refractivity contribution in [2.24, 2.45) is 5.92 Å². The van der Waals surface area contributed by atoms with Crippen molar-refractivity contribution in [2.45, 2.75) is 5.60 Å². The van der Waals surface area contributed by atoms with Gasteiger partial charge in [-0.1, -0.05) is 0 Å². The monoisotopic (exact) mass is 157 g/mol. The van der Waals surface area contributed by atoms with E-state index in [0.29, 0.717) is 5.92 Å². The molecule has 0 aromatic rings. The normalized spacial score (nSPS) is 42.3. The molecule has 2 aliphatic rings. The molecule has 2 unspecified atom stereocenters. The van der Waals surface area contributed by atoms with Gasteiger partial charge in [-0.15, -0.1) is 0 Å². The van der Waals surface area contributed by atoms with E-state index < -0.39 is 0 Å². The zero-order valence-electron chi connectivity index (χ0n) is 7.17. The quantitative estimate of drug-likeness (QED) is 0.526. The van der Waals surface area contributed by atoms with Crippen molar-refractivity contribution in [3.8, 4) is 0 Å². The highest BCUT2D eigenvalue weighted by molar-refractivity contribution is 5.02. The lowest BCUT2D eigenvalue weighted by Crippen LogP contribution is -2.32. The predicted octanol–water partition coefficient (Wildman–Crippen LogP) is -0.0366. The Hall–Kier alpha value is -0.120. The number of hydrogen-bond acceptors (Lipinski definition) is 3. The number of rotatable bonds is 2. The zero-order valence-corrected chi connectivity index (χ0v) is 7.17. The average Bonchev–Trinajstić information content (AvgIpc) is 2.56. The van der Waals surface area contributed by atoms with Crippen molar-refractivity contribution >= 4 is 0 Å². The van der Waals surface area contributed by atoms with Gasteiger partial charge in [0.1, 0.15) is 5.60 Å². The molecule has 11 heavy (non-hydrogen) atoms. The number of nitrogens with zero attached hydrogens (tertiary/aromatic N) is 1. The molecule has 0 aromatic heterocycles. The molecule has 0 saturated carbocycles. The second-order valence-corrected chi connectivity index (χ2v) is 3.83. The lowest BCUT2D eigenvalue weighted by molar-refractivity contribution is 0.170. The summed E-state index contributed by atoms with van der Waals surface area (Å²) < 4.78 is 10.8. The van der Waals surface area contributed by atoms with Gasteiger partial charge < -0.3 is 14.4 Å². The third-order valence-electron chi connectivity index (χ3n) is 2.51. The number of epoxide rings is 1. The topological polar surface area (TPSA) is 25.0 Å². The van der Waals surface area contributed by atoms with Crippen LogP contribution in [-0.2, 0) is 9.47 Å². The average molecular weight is 157 g/mol. The van der Waals surface area contributed by atoms with E-state index in [4.69, 9.17) is 9.47 Å². The van der Waals surface area contributed by atoms with E-state index in [9.17, 15) is 0 Å². The zero-order chi connectivity index (χ0) is 7.90. The van der Waals surface area contributed by atoms with E-state index in [2.05, 4.69) is 19.0 Å². The third-order valence-corrected chi connectivity index (χ3v) is 2.51. The molecule has 0 aromatic carbocycles. The first-order valence-corrected chi connectivity index (χ1v) is 4.09. The highest BCUT2D eigenvalue weighted by Gasteiger charge is 2.55. The van der Waals surface area contributed by atoms with Crippen molar-refractivity contribution in [3.63, 3.8) is 0 Å². The van der Waals surface area contributed by atoms with Gasteiger partial charge in [0.2, 0.25) is 0 Å². The maximum absolute atomic E-state index is 5.42. The van der Waals surface area contributed by atoms with E-state index in [0.717, 1.165) is 26.4 Å². The maximum atomic E-state index is 5.42. The van der Waals surface area contributed by atoms with Crippen molar-refractivity contribution in [3.05, 3.63) is 0 Å². The minimum Gasteiger partial charge on any atom is -0.378 e. The highest BCUT2D eigenvalue weighted by atomic mass is 16.6. The summed E-state index contributed by atoms with van der Waals surface area (Å²) >= 11 is 0. The molecule has 64 valence electrons. The lowest BCUT2D eigenvalue weighted by atomic mass is 9.96. The van der Waals surface area contributed by atoms with E-state index in [1.54, 1.807) is 0 Å². The molecule has 3 heteroatoms. The van der Waals surface area contributed by atoms with Crippen molar-refractivity contribution < 1.29 is 9.47 Å². The summed E-state index contributed by atoms with van der Waals surface area (Å²) in [5, 5.41) is 0. The summed E-state index contributed by atoms with van der Waals surface area (Å²) in [6.45, 7) is 3.68. The van der Waals surface area contributed by atoms with Crippen LogP contribution < -0.4 is 0 Å². The molecule has 0 amide bonds. The van der Waals surface area contributed by atoms with Crippen molar-refractivity contribution in [2.75, 3.05) is 40.5 Å². The molecule has 3 nitrogen and oxygen atoms in total. The molecule has 0 aliphatic carbocycles. The minimum atomic E-state index is 0.129. The molecule has 2 heterocycles. The Kier molecular flexibility index (Phi) is 1.67. The summed E-state index contributed by atoms with van der Waals surface area (Å²) in [6.07, 6.45) is 0. The fourth-order valence-electron chi connectivity index (χ4n) is 1.72. The Bertz CT molecular complexity index is 154. The Morgan fingerprint density at radius 2 is 2.18 bits per heavy atom. The maximum Gasteiger partial charge on any atom is 0.121 e. The van der Waals surface area contributed by atoms with Crippen LogP contribution in [0.5, 0.6) is 0 Å². The van der Waals surface area contributed by atoms with Crippen LogP contribution in [0, 0.1) is 5.92 Å². The summed E-state index contributed by atoms with van der Waals surface area (Å²) in [6, 6.07) is 0. The SMILES string of the molecule is CN(C)CC1COCC12CO2. The van der Waals surface area contributed by atoms with Crippen LogP contribution >= 0.6 is 0 Å². The van der Waals surface area contributed by atoms with Crippen LogP contribution in [0.15, 0.2) is 0 Å². The molecule has 0 bridgehead atoms. The summed E-state index contributed by atoms with van der Waals surface area (Å²) in [5.74, 6) is 0.595. The molecule has 0 radical (unpaired) electrons. The number of hydrogen-bond donors (Lipinski definition) is 0. The summed E-state index contributed by atoms with van der Waals surface area (Å²) in [4.78, 5) is 2.20. The van der Waals surface area contributed by atoms with E-state index in [1.165, 1.54) is 0 Å². The van der Waals surface area contributed by atoms with E-state index >= 15 is 0 Å². The Morgan fingerprint density at radius 1 is 1.45 bits per heavy atom. The molecule has 0 N–H and O–H groups in total. The Balaban J connectivity index is 1.92. The third kappa shape index (κ3) is 1.28. The standard InChI is InChI=1S/C8H15NO2/c1-9(2)3-7-4-10-5-8(7)6-11-8/h7H,3-6H2,1-2H3. The first-order chi connectivity index (χ1) is 5.23. The summed E-state index contributed by atoms with van der Waals surface area (Å²) in [5.41, 5.74) is 0.129. The lowest BCUT2D eigenvalue weighted by Gasteiger charge is -2.17. The van der Waals surface area contributed by atoms with Gasteiger partial charge in [0.25, 0.3) is 0 Å². The van der Waals surface area contributed by atoms with Crippen LogP contribution in [0.2, 0.25) is 0 Å². The predicted molar refractivity (Wildman–Crippen MR) is 41.5 cm³/mol. The van der Waals surface area contributed by atoms with Gasteiger partial charge in [-0.05, 0) is 14.1 Å².